The number of rotatable bonds is 3. The average molecular weight is 313 g/mol. The smallest absolute Gasteiger partial charge is 0.166 e. The summed E-state index contributed by atoms with van der Waals surface area (Å²) < 4.78 is 38.6. The first-order valence-electron chi connectivity index (χ1n) is 6.73. The lowest BCUT2D eigenvalue weighted by molar-refractivity contribution is -0.137. The molecule has 4 heteroatoms. The summed E-state index contributed by atoms with van der Waals surface area (Å²) in [6.07, 6.45) is -3.49. The molecule has 0 spiro atoms. The maximum absolute atomic E-state index is 12.9. The molecule has 0 nitrogen and oxygen atoms in total. The van der Waals surface area contributed by atoms with E-state index in [1.165, 1.54) is 11.6 Å². The van der Waals surface area contributed by atoms with Crippen molar-refractivity contribution in [3.05, 3.63) is 58.6 Å². The maximum atomic E-state index is 12.9. The molecule has 112 valence electrons. The van der Waals surface area contributed by atoms with Gasteiger partial charge in [0.2, 0.25) is 0 Å². The molecule has 0 heterocycles. The van der Waals surface area contributed by atoms with Gasteiger partial charge in [-0.2, -0.15) is 13.2 Å². The molecule has 2 aromatic rings. The molecular weight excluding hydrogens is 297 g/mol. The summed E-state index contributed by atoms with van der Waals surface area (Å²) in [7, 11) is 0. The Morgan fingerprint density at radius 3 is 2.05 bits per heavy atom. The molecule has 0 unspecified atom stereocenters. The normalized spacial score (nSPS) is 12.0. The Morgan fingerprint density at radius 1 is 0.952 bits per heavy atom. The van der Waals surface area contributed by atoms with Gasteiger partial charge >= 0.3 is 6.18 Å². The first-order valence-corrected chi connectivity index (χ1v) is 7.11. The third kappa shape index (κ3) is 4.01. The van der Waals surface area contributed by atoms with E-state index in [9.17, 15) is 13.2 Å². The van der Waals surface area contributed by atoms with Crippen molar-refractivity contribution in [2.75, 3.05) is 0 Å². The second-order valence-corrected chi connectivity index (χ2v) is 5.89. The van der Waals surface area contributed by atoms with Gasteiger partial charge in [-0.1, -0.05) is 55.8 Å². The van der Waals surface area contributed by atoms with Gasteiger partial charge in [0.1, 0.15) is 0 Å². The SMILES string of the molecule is CC(C)Cc1ccc(-c2ccc(Cl)c(C(F)(F)F)c2)cc1. The van der Waals surface area contributed by atoms with Crippen molar-refractivity contribution in [3.8, 4) is 11.1 Å². The second kappa shape index (κ2) is 6.10. The van der Waals surface area contributed by atoms with E-state index >= 15 is 0 Å². The Labute approximate surface area is 127 Å². The van der Waals surface area contributed by atoms with Crippen LogP contribution in [0.25, 0.3) is 11.1 Å². The molecule has 0 aliphatic carbocycles. The maximum Gasteiger partial charge on any atom is 0.417 e. The number of hydrogen-bond acceptors (Lipinski definition) is 0. The first kappa shape index (κ1) is 15.9. The third-order valence-corrected chi connectivity index (χ3v) is 3.53. The Hall–Kier alpha value is -1.48. The highest BCUT2D eigenvalue weighted by Crippen LogP contribution is 2.37. The molecule has 0 atom stereocenters. The lowest BCUT2D eigenvalue weighted by Gasteiger charge is -2.12. The summed E-state index contributed by atoms with van der Waals surface area (Å²) in [6.45, 7) is 4.26. The van der Waals surface area contributed by atoms with E-state index < -0.39 is 11.7 Å². The van der Waals surface area contributed by atoms with Crippen molar-refractivity contribution >= 4 is 11.6 Å². The van der Waals surface area contributed by atoms with Gasteiger partial charge in [0, 0.05) is 0 Å². The fraction of sp³-hybridized carbons (Fsp3) is 0.294. The van der Waals surface area contributed by atoms with Gasteiger partial charge < -0.3 is 0 Å². The first-order chi connectivity index (χ1) is 9.77. The zero-order valence-corrected chi connectivity index (χ0v) is 12.6. The Balaban J connectivity index is 2.34. The van der Waals surface area contributed by atoms with Crippen molar-refractivity contribution in [1.29, 1.82) is 0 Å². The van der Waals surface area contributed by atoms with Crippen molar-refractivity contribution < 1.29 is 13.2 Å². The molecule has 0 fully saturated rings. The summed E-state index contributed by atoms with van der Waals surface area (Å²) in [5.74, 6) is 0.545. The summed E-state index contributed by atoms with van der Waals surface area (Å²) in [6, 6.07) is 11.6. The van der Waals surface area contributed by atoms with Crippen LogP contribution in [0.1, 0.15) is 25.0 Å². The van der Waals surface area contributed by atoms with Crippen LogP contribution >= 0.6 is 11.6 Å². The van der Waals surface area contributed by atoms with Crippen LogP contribution in [0.15, 0.2) is 42.5 Å². The predicted octanol–water partition coefficient (Wildman–Crippen LogP) is 6.22. The van der Waals surface area contributed by atoms with Gasteiger partial charge in [-0.3, -0.25) is 0 Å². The van der Waals surface area contributed by atoms with Gasteiger partial charge in [-0.05, 0) is 41.2 Å². The van der Waals surface area contributed by atoms with Gasteiger partial charge in [-0.15, -0.1) is 0 Å². The van der Waals surface area contributed by atoms with Gasteiger partial charge in [0.05, 0.1) is 10.6 Å². The summed E-state index contributed by atoms with van der Waals surface area (Å²) in [5.41, 5.74) is 1.65. The monoisotopic (exact) mass is 312 g/mol. The van der Waals surface area contributed by atoms with Crippen molar-refractivity contribution in [2.45, 2.75) is 26.4 Å². The summed E-state index contributed by atoms with van der Waals surface area (Å²) >= 11 is 5.63. The van der Waals surface area contributed by atoms with Crippen LogP contribution in [0.3, 0.4) is 0 Å². The van der Waals surface area contributed by atoms with Crippen molar-refractivity contribution in [1.82, 2.24) is 0 Å². The minimum Gasteiger partial charge on any atom is -0.166 e. The molecule has 0 bridgehead atoms. The molecule has 0 aliphatic rings. The molecule has 0 saturated carbocycles. The van der Waals surface area contributed by atoms with E-state index in [1.807, 2.05) is 24.3 Å². The molecule has 0 amide bonds. The minimum absolute atomic E-state index is 0.275. The molecule has 0 aliphatic heterocycles. The van der Waals surface area contributed by atoms with E-state index in [1.54, 1.807) is 6.07 Å². The average Bonchev–Trinajstić information content (AvgIpc) is 2.38. The summed E-state index contributed by atoms with van der Waals surface area (Å²) in [5, 5.41) is -0.275. The van der Waals surface area contributed by atoms with Crippen LogP contribution in [0.2, 0.25) is 5.02 Å². The Kier molecular flexibility index (Phi) is 4.62. The molecule has 2 aromatic carbocycles. The minimum atomic E-state index is -4.44. The Bertz CT molecular complexity index is 613. The molecule has 2 rings (SSSR count). The lowest BCUT2D eigenvalue weighted by Crippen LogP contribution is -2.05. The van der Waals surface area contributed by atoms with Gasteiger partial charge in [-0.25, -0.2) is 0 Å². The van der Waals surface area contributed by atoms with Gasteiger partial charge in [0.25, 0.3) is 0 Å². The van der Waals surface area contributed by atoms with Crippen LogP contribution in [0.4, 0.5) is 13.2 Å². The lowest BCUT2D eigenvalue weighted by atomic mass is 9.98. The highest BCUT2D eigenvalue weighted by Gasteiger charge is 2.33. The van der Waals surface area contributed by atoms with E-state index in [0.29, 0.717) is 11.5 Å². The molecule has 0 N–H and O–H groups in total. The van der Waals surface area contributed by atoms with E-state index in [2.05, 4.69) is 13.8 Å². The van der Waals surface area contributed by atoms with E-state index in [-0.39, 0.29) is 5.02 Å². The molecular formula is C17H16ClF3. The van der Waals surface area contributed by atoms with E-state index in [4.69, 9.17) is 11.6 Å². The largest absolute Gasteiger partial charge is 0.417 e. The quantitative estimate of drug-likeness (QED) is 0.630. The molecule has 0 saturated heterocycles. The van der Waals surface area contributed by atoms with Crippen LogP contribution < -0.4 is 0 Å². The van der Waals surface area contributed by atoms with Crippen LogP contribution in [-0.4, -0.2) is 0 Å². The number of halogens is 4. The number of benzene rings is 2. The molecule has 0 radical (unpaired) electrons. The molecule has 21 heavy (non-hydrogen) atoms. The van der Waals surface area contributed by atoms with Crippen molar-refractivity contribution in [3.63, 3.8) is 0 Å². The summed E-state index contributed by atoms with van der Waals surface area (Å²) in [4.78, 5) is 0. The fourth-order valence-electron chi connectivity index (χ4n) is 2.23. The van der Waals surface area contributed by atoms with Crippen LogP contribution in [0.5, 0.6) is 0 Å². The zero-order chi connectivity index (χ0) is 15.6. The standard InChI is InChI=1S/C17H16ClF3/c1-11(2)9-12-3-5-13(6-4-12)14-7-8-16(18)15(10-14)17(19,20)21/h3-8,10-11H,9H2,1-2H3. The topological polar surface area (TPSA) is 0 Å². The van der Waals surface area contributed by atoms with Crippen LogP contribution in [0, 0.1) is 5.92 Å². The van der Waals surface area contributed by atoms with E-state index in [0.717, 1.165) is 18.1 Å². The van der Waals surface area contributed by atoms with Crippen molar-refractivity contribution in [2.24, 2.45) is 5.92 Å². The predicted molar refractivity (Wildman–Crippen MR) is 80.4 cm³/mol. The highest BCUT2D eigenvalue weighted by molar-refractivity contribution is 6.31. The molecule has 0 aromatic heterocycles. The highest BCUT2D eigenvalue weighted by atomic mass is 35.5. The Morgan fingerprint density at radius 2 is 1.52 bits per heavy atom. The number of hydrogen-bond donors (Lipinski definition) is 0. The van der Waals surface area contributed by atoms with Crippen LogP contribution in [-0.2, 0) is 12.6 Å². The third-order valence-electron chi connectivity index (χ3n) is 3.20. The second-order valence-electron chi connectivity index (χ2n) is 5.49. The fourth-order valence-corrected chi connectivity index (χ4v) is 2.45. The van der Waals surface area contributed by atoms with Gasteiger partial charge in [0.15, 0.2) is 0 Å². The zero-order valence-electron chi connectivity index (χ0n) is 11.8. The number of alkyl halides is 3.